The van der Waals surface area contributed by atoms with E-state index in [0.29, 0.717) is 0 Å². The van der Waals surface area contributed by atoms with Crippen molar-refractivity contribution in [3.05, 3.63) is 212 Å². The molecule has 6 aromatic rings. The summed E-state index contributed by atoms with van der Waals surface area (Å²) >= 11 is 0. The lowest BCUT2D eigenvalue weighted by Crippen LogP contribution is -2.58. The zero-order valence-electron chi connectivity index (χ0n) is 38.1. The largest absolute Gasteiger partial charge is 0.380 e. The Morgan fingerprint density at radius 3 is 0.600 bits per heavy atom. The molecule has 0 saturated heterocycles. The van der Waals surface area contributed by atoms with Crippen LogP contribution in [0, 0.1) is 11.8 Å². The van der Waals surface area contributed by atoms with Gasteiger partial charge in [0.05, 0.1) is 0 Å². The third-order valence-corrected chi connectivity index (χ3v) is 14.2. The third kappa shape index (κ3) is 6.89. The van der Waals surface area contributed by atoms with Gasteiger partial charge in [-0.15, -0.1) is 0 Å². The van der Waals surface area contributed by atoms with Crippen molar-refractivity contribution in [1.29, 1.82) is 0 Å². The first-order valence-corrected chi connectivity index (χ1v) is 22.1. The molecule has 0 radical (unpaired) electrons. The van der Waals surface area contributed by atoms with Gasteiger partial charge in [-0.2, -0.15) is 0 Å². The Balaban J connectivity index is 1.50. The van der Waals surface area contributed by atoms with E-state index in [1.54, 1.807) is 0 Å². The number of rotatable bonds is 6. The fourth-order valence-corrected chi connectivity index (χ4v) is 10.7. The molecule has 2 heteroatoms. The Morgan fingerprint density at radius 2 is 0.433 bits per heavy atom. The fourth-order valence-electron chi connectivity index (χ4n) is 10.7. The third-order valence-electron chi connectivity index (χ3n) is 14.2. The molecule has 0 spiro atoms. The topological polar surface area (TPSA) is 40.5 Å². The molecule has 2 atom stereocenters. The highest BCUT2D eigenvalue weighted by Gasteiger charge is 2.64. The molecule has 0 heterocycles. The molecule has 60 heavy (non-hydrogen) atoms. The van der Waals surface area contributed by atoms with Crippen LogP contribution >= 0.6 is 0 Å². The van der Waals surface area contributed by atoms with Gasteiger partial charge < -0.3 is 10.2 Å². The van der Waals surface area contributed by atoms with Crippen molar-refractivity contribution in [2.75, 3.05) is 0 Å². The minimum atomic E-state index is -1.52. The number of benzene rings is 6. The van der Waals surface area contributed by atoms with Gasteiger partial charge in [0, 0.05) is 23.7 Å². The summed E-state index contributed by atoms with van der Waals surface area (Å²) in [6.07, 6.45) is 0. The molecule has 6 aromatic carbocycles. The zero-order chi connectivity index (χ0) is 43.2. The van der Waals surface area contributed by atoms with E-state index < -0.39 is 23.0 Å². The van der Waals surface area contributed by atoms with Gasteiger partial charge in [0.15, 0.2) is 0 Å². The molecule has 0 amide bonds. The van der Waals surface area contributed by atoms with E-state index in [9.17, 15) is 10.2 Å². The second-order valence-corrected chi connectivity index (χ2v) is 22.1. The fraction of sp³-hybridized carbons (Fsp3) is 0.379. The maximum Gasteiger partial charge on any atom is 0.119 e. The summed E-state index contributed by atoms with van der Waals surface area (Å²) in [5, 5.41) is 29.1. The van der Waals surface area contributed by atoms with Gasteiger partial charge in [0.25, 0.3) is 0 Å². The second-order valence-electron chi connectivity index (χ2n) is 22.1. The van der Waals surface area contributed by atoms with Gasteiger partial charge in [-0.3, -0.25) is 0 Å². The van der Waals surface area contributed by atoms with Crippen LogP contribution in [-0.4, -0.2) is 10.2 Å². The minimum absolute atomic E-state index is 0.0615. The van der Waals surface area contributed by atoms with Gasteiger partial charge in [0.2, 0.25) is 0 Å². The van der Waals surface area contributed by atoms with Crippen LogP contribution in [0.3, 0.4) is 0 Å². The molecular formula is C58H66O2. The highest BCUT2D eigenvalue weighted by atomic mass is 16.3. The van der Waals surface area contributed by atoms with Crippen molar-refractivity contribution < 1.29 is 10.2 Å². The van der Waals surface area contributed by atoms with E-state index >= 15 is 0 Å². The quantitative estimate of drug-likeness (QED) is 0.176. The SMILES string of the molecule is CC(C)(C)c1ccc(C(O)(c2ccc(C(C)(C)C)cc2)[C@H]2C3c4ccccc4C(c4ccccc43)[C@@H]2C(O)(c2ccc(C(C)(C)C)cc2)c2ccc(C(C)(C)C)cc2)cc1. The maximum atomic E-state index is 14.6. The molecular weight excluding hydrogens is 729 g/mol. The summed E-state index contributed by atoms with van der Waals surface area (Å²) in [5.74, 6) is -1.45. The lowest BCUT2D eigenvalue weighted by molar-refractivity contribution is -0.105. The predicted molar refractivity (Wildman–Crippen MR) is 250 cm³/mol. The zero-order valence-corrected chi connectivity index (χ0v) is 38.1. The first-order valence-electron chi connectivity index (χ1n) is 22.1. The van der Waals surface area contributed by atoms with Crippen molar-refractivity contribution >= 4 is 0 Å². The van der Waals surface area contributed by atoms with E-state index in [-0.39, 0.29) is 33.5 Å². The first-order chi connectivity index (χ1) is 28.1. The molecule has 2 bridgehead atoms. The number of hydrogen-bond acceptors (Lipinski definition) is 2. The van der Waals surface area contributed by atoms with Crippen LogP contribution < -0.4 is 0 Å². The summed E-state index contributed by atoms with van der Waals surface area (Å²) in [5.41, 5.74) is 9.82. The number of aliphatic hydroxyl groups is 2. The summed E-state index contributed by atoms with van der Waals surface area (Å²) in [7, 11) is 0. The standard InChI is InChI=1S/C58H66O2/c1-53(2,3)37-21-29-41(30-22-37)57(59,42-31-23-38(24-32-42)54(4,5)6)51-49-45-17-13-15-19-47(45)50(48-20-16-14-18-46(48)49)52(51)58(60,43-33-25-39(26-34-43)55(7,8)9)44-35-27-40(28-36-44)56(10,11)12/h13-36,49-52,59-60H,1-12H3/t49?,50?,51-,52-/m0/s1. The van der Waals surface area contributed by atoms with Crippen LogP contribution in [0.25, 0.3) is 0 Å². The molecule has 0 unspecified atom stereocenters. The summed E-state index contributed by atoms with van der Waals surface area (Å²) in [6.45, 7) is 26.8. The van der Waals surface area contributed by atoms with Crippen molar-refractivity contribution in [2.45, 2.75) is 128 Å². The summed E-state index contributed by atoms with van der Waals surface area (Å²) in [4.78, 5) is 0. The highest BCUT2D eigenvalue weighted by Crippen LogP contribution is 2.68. The van der Waals surface area contributed by atoms with Crippen LogP contribution in [0.15, 0.2) is 146 Å². The van der Waals surface area contributed by atoms with E-state index in [2.05, 4.69) is 229 Å². The van der Waals surface area contributed by atoms with Crippen LogP contribution in [0.4, 0.5) is 0 Å². The average molecular weight is 795 g/mol. The van der Waals surface area contributed by atoms with Crippen molar-refractivity contribution in [2.24, 2.45) is 11.8 Å². The van der Waals surface area contributed by atoms with E-state index in [0.717, 1.165) is 22.3 Å². The molecule has 0 fully saturated rings. The molecule has 3 aliphatic carbocycles. The van der Waals surface area contributed by atoms with Gasteiger partial charge in [-0.25, -0.2) is 0 Å². The molecule has 0 saturated carbocycles. The molecule has 2 N–H and O–H groups in total. The first kappa shape index (κ1) is 42.0. The maximum absolute atomic E-state index is 14.6. The van der Waals surface area contributed by atoms with Crippen molar-refractivity contribution in [1.82, 2.24) is 0 Å². The Kier molecular flexibility index (Phi) is 10.1. The van der Waals surface area contributed by atoms with Crippen molar-refractivity contribution in [3.63, 3.8) is 0 Å². The molecule has 2 nitrogen and oxygen atoms in total. The molecule has 0 aliphatic heterocycles. The van der Waals surface area contributed by atoms with Crippen LogP contribution in [-0.2, 0) is 32.9 Å². The molecule has 3 aliphatic rings. The lowest BCUT2D eigenvalue weighted by atomic mass is 9.45. The van der Waals surface area contributed by atoms with E-state index in [4.69, 9.17) is 0 Å². The average Bonchev–Trinajstić information content (AvgIpc) is 3.21. The summed E-state index contributed by atoms with van der Waals surface area (Å²) in [6, 6.07) is 52.5. The van der Waals surface area contributed by atoms with E-state index in [1.807, 2.05) is 0 Å². The molecule has 310 valence electrons. The number of fused-ring (bicyclic) bond motifs is 1. The van der Waals surface area contributed by atoms with Gasteiger partial charge in [-0.05, 0) is 88.4 Å². The Morgan fingerprint density at radius 1 is 0.267 bits per heavy atom. The lowest BCUT2D eigenvalue weighted by Gasteiger charge is -2.60. The second kappa shape index (κ2) is 14.4. The van der Waals surface area contributed by atoms with Gasteiger partial charge in [-0.1, -0.05) is 229 Å². The predicted octanol–water partition coefficient (Wildman–Crippen LogP) is 13.6. The van der Waals surface area contributed by atoms with Crippen LogP contribution in [0.1, 0.15) is 162 Å². The Labute approximate surface area is 360 Å². The van der Waals surface area contributed by atoms with Gasteiger partial charge >= 0.3 is 0 Å². The Hall–Kier alpha value is -4.76. The van der Waals surface area contributed by atoms with Crippen LogP contribution in [0.2, 0.25) is 0 Å². The van der Waals surface area contributed by atoms with Crippen LogP contribution in [0.5, 0.6) is 0 Å². The van der Waals surface area contributed by atoms with E-state index in [1.165, 1.54) is 44.5 Å². The molecule has 0 aromatic heterocycles. The monoisotopic (exact) mass is 795 g/mol. The Bertz CT molecular complexity index is 2140. The normalized spacial score (nSPS) is 19.5. The summed E-state index contributed by atoms with van der Waals surface area (Å²) < 4.78 is 0. The highest BCUT2D eigenvalue weighted by molar-refractivity contribution is 5.61. The molecule has 9 rings (SSSR count). The van der Waals surface area contributed by atoms with Gasteiger partial charge in [0.1, 0.15) is 11.2 Å². The minimum Gasteiger partial charge on any atom is -0.380 e. The number of hydrogen-bond donors (Lipinski definition) is 2. The smallest absolute Gasteiger partial charge is 0.119 e. The van der Waals surface area contributed by atoms with Crippen molar-refractivity contribution in [3.8, 4) is 0 Å².